The van der Waals surface area contributed by atoms with E-state index in [0.29, 0.717) is 12.3 Å². The van der Waals surface area contributed by atoms with Crippen molar-refractivity contribution in [2.24, 2.45) is 11.7 Å². The number of hydrogen-bond donors (Lipinski definition) is 2. The molecule has 1 aliphatic rings. The van der Waals surface area contributed by atoms with Crippen molar-refractivity contribution in [2.45, 2.75) is 51.0 Å². The molecule has 1 aromatic carbocycles. The summed E-state index contributed by atoms with van der Waals surface area (Å²) in [6, 6.07) is 8.10. The molecule has 1 saturated carbocycles. The summed E-state index contributed by atoms with van der Waals surface area (Å²) in [6.45, 7) is 1.97. The van der Waals surface area contributed by atoms with Crippen molar-refractivity contribution in [3.8, 4) is 0 Å². The quantitative estimate of drug-likeness (QED) is 0.838. The second kappa shape index (κ2) is 7.00. The smallest absolute Gasteiger partial charge is 0.137 e. The summed E-state index contributed by atoms with van der Waals surface area (Å²) in [5.41, 5.74) is 7.62. The highest BCUT2D eigenvalue weighted by molar-refractivity contribution is 5.83. The molecule has 0 bridgehead atoms. The highest BCUT2D eigenvalue weighted by Crippen LogP contribution is 2.38. The molecule has 0 radical (unpaired) electrons. The molecule has 0 heterocycles. The lowest BCUT2D eigenvalue weighted by atomic mass is 9.81. The molecule has 110 valence electrons. The van der Waals surface area contributed by atoms with E-state index in [4.69, 9.17) is 5.73 Å². The van der Waals surface area contributed by atoms with Crippen molar-refractivity contribution in [3.05, 3.63) is 35.4 Å². The van der Waals surface area contributed by atoms with Crippen LogP contribution >= 0.6 is 0 Å². The fourth-order valence-corrected chi connectivity index (χ4v) is 3.40. The number of carbonyl (C=O) groups excluding carboxylic acids is 1. The average Bonchev–Trinajstić information content (AvgIpc) is 2.92. The maximum atomic E-state index is 12.1. The lowest BCUT2D eigenvalue weighted by Gasteiger charge is -2.22. The van der Waals surface area contributed by atoms with Crippen LogP contribution in [0.15, 0.2) is 24.3 Å². The molecular formula is C17H25NO2. The number of Topliss-reactive ketones (excluding diaryl/α,β-unsaturated/α-hetero) is 1. The third-order valence-electron chi connectivity index (χ3n) is 4.36. The van der Waals surface area contributed by atoms with Crippen molar-refractivity contribution in [2.75, 3.05) is 6.54 Å². The van der Waals surface area contributed by atoms with Crippen LogP contribution < -0.4 is 5.73 Å². The van der Waals surface area contributed by atoms with E-state index in [1.807, 2.05) is 18.2 Å². The number of nitrogens with two attached hydrogens (primary N) is 1. The Morgan fingerprint density at radius 3 is 2.70 bits per heavy atom. The second-order valence-electron chi connectivity index (χ2n) is 5.97. The van der Waals surface area contributed by atoms with Crippen molar-refractivity contribution in [3.63, 3.8) is 0 Å². The molecule has 0 aromatic heterocycles. The highest BCUT2D eigenvalue weighted by Gasteiger charge is 2.29. The molecule has 20 heavy (non-hydrogen) atoms. The number of aliphatic hydroxyl groups excluding tert-OH is 1. The van der Waals surface area contributed by atoms with Gasteiger partial charge in [-0.1, -0.05) is 37.1 Å². The first-order valence-electron chi connectivity index (χ1n) is 7.59. The van der Waals surface area contributed by atoms with Crippen LogP contribution in [0.1, 0.15) is 49.7 Å². The normalized spacial score (nSPS) is 18.9. The molecule has 0 spiro atoms. The molecule has 0 saturated heterocycles. The molecule has 0 amide bonds. The molecule has 1 aliphatic carbocycles. The highest BCUT2D eigenvalue weighted by atomic mass is 16.3. The van der Waals surface area contributed by atoms with E-state index in [2.05, 4.69) is 6.07 Å². The topological polar surface area (TPSA) is 63.3 Å². The van der Waals surface area contributed by atoms with Crippen LogP contribution in [-0.2, 0) is 11.2 Å². The van der Waals surface area contributed by atoms with Crippen LogP contribution in [0.4, 0.5) is 0 Å². The predicted molar refractivity (Wildman–Crippen MR) is 80.6 cm³/mol. The van der Waals surface area contributed by atoms with Gasteiger partial charge in [-0.3, -0.25) is 4.79 Å². The van der Waals surface area contributed by atoms with E-state index in [1.165, 1.54) is 12.8 Å². The summed E-state index contributed by atoms with van der Waals surface area (Å²) in [4.78, 5) is 12.1. The van der Waals surface area contributed by atoms with E-state index >= 15 is 0 Å². The molecule has 1 aromatic rings. The molecule has 2 rings (SSSR count). The SMILES string of the molecule is CC(=O)C(c1cccc(CC(O)CN)c1)C1CCCC1. The van der Waals surface area contributed by atoms with Crippen LogP contribution in [0, 0.1) is 5.92 Å². The summed E-state index contributed by atoms with van der Waals surface area (Å²) in [7, 11) is 0. The summed E-state index contributed by atoms with van der Waals surface area (Å²) in [5.74, 6) is 0.767. The van der Waals surface area contributed by atoms with E-state index in [0.717, 1.165) is 24.0 Å². The van der Waals surface area contributed by atoms with Gasteiger partial charge in [-0.05, 0) is 43.2 Å². The van der Waals surface area contributed by atoms with E-state index in [9.17, 15) is 9.90 Å². The Labute approximate surface area is 121 Å². The maximum absolute atomic E-state index is 12.1. The third-order valence-corrected chi connectivity index (χ3v) is 4.36. The molecule has 3 heteroatoms. The predicted octanol–water partition coefficient (Wildman–Crippen LogP) is 2.41. The van der Waals surface area contributed by atoms with Gasteiger partial charge < -0.3 is 10.8 Å². The Hall–Kier alpha value is -1.19. The largest absolute Gasteiger partial charge is 0.391 e. The summed E-state index contributed by atoms with van der Waals surface area (Å²) in [5, 5.41) is 9.67. The van der Waals surface area contributed by atoms with Gasteiger partial charge in [0.2, 0.25) is 0 Å². The van der Waals surface area contributed by atoms with Crippen LogP contribution in [-0.4, -0.2) is 23.5 Å². The molecule has 3 nitrogen and oxygen atoms in total. The van der Waals surface area contributed by atoms with Crippen LogP contribution in [0.25, 0.3) is 0 Å². The zero-order chi connectivity index (χ0) is 14.5. The molecule has 2 atom stereocenters. The van der Waals surface area contributed by atoms with Crippen LogP contribution in [0.5, 0.6) is 0 Å². The fraction of sp³-hybridized carbons (Fsp3) is 0.588. The number of ketones is 1. The van der Waals surface area contributed by atoms with Gasteiger partial charge in [-0.2, -0.15) is 0 Å². The van der Waals surface area contributed by atoms with Gasteiger partial charge in [0.05, 0.1) is 6.10 Å². The number of benzene rings is 1. The summed E-state index contributed by atoms with van der Waals surface area (Å²) >= 11 is 0. The fourth-order valence-electron chi connectivity index (χ4n) is 3.40. The standard InChI is InChI=1S/C17H25NO2/c1-12(19)17(14-6-2-3-7-14)15-8-4-5-13(9-15)10-16(20)11-18/h4-5,8-9,14,16-17,20H,2-3,6-7,10-11,18H2,1H3. The van der Waals surface area contributed by atoms with Crippen LogP contribution in [0.3, 0.4) is 0 Å². The minimum absolute atomic E-state index is 0.0208. The van der Waals surface area contributed by atoms with Crippen LogP contribution in [0.2, 0.25) is 0 Å². The molecule has 0 aliphatic heterocycles. The molecule has 1 fully saturated rings. The number of hydrogen-bond acceptors (Lipinski definition) is 3. The van der Waals surface area contributed by atoms with Gasteiger partial charge in [0.15, 0.2) is 0 Å². The first kappa shape index (κ1) is 15.2. The number of rotatable bonds is 6. The zero-order valence-corrected chi connectivity index (χ0v) is 12.2. The molecule has 2 unspecified atom stereocenters. The minimum Gasteiger partial charge on any atom is -0.391 e. The lowest BCUT2D eigenvalue weighted by molar-refractivity contribution is -0.119. The van der Waals surface area contributed by atoms with E-state index < -0.39 is 6.10 Å². The maximum Gasteiger partial charge on any atom is 0.137 e. The summed E-state index contributed by atoms with van der Waals surface area (Å²) < 4.78 is 0. The Balaban J connectivity index is 2.20. The first-order valence-corrected chi connectivity index (χ1v) is 7.59. The average molecular weight is 275 g/mol. The Bertz CT molecular complexity index is 452. The van der Waals surface area contributed by atoms with Gasteiger partial charge in [0, 0.05) is 12.5 Å². The number of aliphatic hydroxyl groups is 1. The zero-order valence-electron chi connectivity index (χ0n) is 12.2. The van der Waals surface area contributed by atoms with Crippen molar-refractivity contribution >= 4 is 5.78 Å². The second-order valence-corrected chi connectivity index (χ2v) is 5.97. The Kier molecular flexibility index (Phi) is 5.32. The first-order chi connectivity index (χ1) is 9.61. The Morgan fingerprint density at radius 1 is 1.40 bits per heavy atom. The van der Waals surface area contributed by atoms with Crippen molar-refractivity contribution in [1.82, 2.24) is 0 Å². The van der Waals surface area contributed by atoms with Gasteiger partial charge in [-0.25, -0.2) is 0 Å². The van der Waals surface area contributed by atoms with Gasteiger partial charge in [0.25, 0.3) is 0 Å². The monoisotopic (exact) mass is 275 g/mol. The lowest BCUT2D eigenvalue weighted by Crippen LogP contribution is -2.22. The Morgan fingerprint density at radius 2 is 2.10 bits per heavy atom. The minimum atomic E-state index is -0.507. The molecular weight excluding hydrogens is 250 g/mol. The van der Waals surface area contributed by atoms with E-state index in [1.54, 1.807) is 6.92 Å². The third kappa shape index (κ3) is 3.68. The van der Waals surface area contributed by atoms with Crippen molar-refractivity contribution < 1.29 is 9.90 Å². The van der Waals surface area contributed by atoms with Gasteiger partial charge >= 0.3 is 0 Å². The van der Waals surface area contributed by atoms with E-state index in [-0.39, 0.29) is 18.2 Å². The van der Waals surface area contributed by atoms with Gasteiger partial charge in [0.1, 0.15) is 5.78 Å². The van der Waals surface area contributed by atoms with Gasteiger partial charge in [-0.15, -0.1) is 0 Å². The molecule has 3 N–H and O–H groups in total. The summed E-state index contributed by atoms with van der Waals surface area (Å²) in [6.07, 6.45) is 4.83. The number of carbonyl (C=O) groups is 1. The van der Waals surface area contributed by atoms with Crippen molar-refractivity contribution in [1.29, 1.82) is 0 Å².